The second-order valence-electron chi connectivity index (χ2n) is 5.45. The Balaban J connectivity index is 1.88. The molecule has 0 radical (unpaired) electrons. The minimum atomic E-state index is 0.706. The minimum absolute atomic E-state index is 0.706. The Labute approximate surface area is 99.3 Å². The lowest BCUT2D eigenvalue weighted by Crippen LogP contribution is -2.47. The highest BCUT2D eigenvalue weighted by Gasteiger charge is 2.29. The lowest BCUT2D eigenvalue weighted by atomic mass is 9.86. The van der Waals surface area contributed by atoms with Crippen LogP contribution in [0.5, 0.6) is 0 Å². The van der Waals surface area contributed by atoms with Crippen LogP contribution >= 0.6 is 0 Å². The first-order chi connectivity index (χ1) is 7.81. The van der Waals surface area contributed by atoms with E-state index in [0.717, 1.165) is 31.7 Å². The molecule has 3 heteroatoms. The number of piperidine rings is 1. The quantitative estimate of drug-likeness (QED) is 0.775. The summed E-state index contributed by atoms with van der Waals surface area (Å²) in [5.74, 6) is 1.51. The van der Waals surface area contributed by atoms with Crippen molar-refractivity contribution < 1.29 is 4.74 Å². The summed E-state index contributed by atoms with van der Waals surface area (Å²) in [4.78, 5) is 2.67. The molecule has 0 amide bonds. The first-order valence-corrected chi connectivity index (χ1v) is 6.83. The normalized spacial score (nSPS) is 38.2. The van der Waals surface area contributed by atoms with Crippen molar-refractivity contribution in [2.45, 2.75) is 38.6 Å². The molecule has 2 rings (SSSR count). The number of nitrogens with zero attached hydrogens (tertiary/aromatic N) is 1. The van der Waals surface area contributed by atoms with Crippen molar-refractivity contribution in [3.05, 3.63) is 0 Å². The van der Waals surface area contributed by atoms with E-state index in [9.17, 15) is 0 Å². The summed E-state index contributed by atoms with van der Waals surface area (Å²) >= 11 is 0. The standard InChI is InChI=1S/C13H26N2O/c1-11-4-6-15(10-12(11)9-14)13-3-2-7-16-8-5-13/h11-13H,2-10,14H2,1H3. The van der Waals surface area contributed by atoms with Crippen LogP contribution in [0.3, 0.4) is 0 Å². The highest BCUT2D eigenvalue weighted by molar-refractivity contribution is 4.83. The maximum Gasteiger partial charge on any atom is 0.0480 e. The van der Waals surface area contributed by atoms with E-state index in [1.54, 1.807) is 0 Å². The van der Waals surface area contributed by atoms with Crippen LogP contribution in [0.2, 0.25) is 0 Å². The molecule has 2 aliphatic rings. The van der Waals surface area contributed by atoms with Crippen LogP contribution in [0, 0.1) is 11.8 Å². The number of rotatable bonds is 2. The molecule has 3 nitrogen and oxygen atoms in total. The van der Waals surface area contributed by atoms with E-state index in [-0.39, 0.29) is 0 Å². The number of nitrogens with two attached hydrogens (primary N) is 1. The van der Waals surface area contributed by atoms with E-state index in [0.29, 0.717) is 5.92 Å². The van der Waals surface area contributed by atoms with Gasteiger partial charge in [0.15, 0.2) is 0 Å². The second kappa shape index (κ2) is 5.99. The second-order valence-corrected chi connectivity index (χ2v) is 5.45. The van der Waals surface area contributed by atoms with Crippen LogP contribution < -0.4 is 5.73 Å². The molecule has 0 saturated carbocycles. The van der Waals surface area contributed by atoms with Crippen LogP contribution in [0.1, 0.15) is 32.6 Å². The Bertz CT molecular complexity index is 202. The first-order valence-electron chi connectivity index (χ1n) is 6.83. The molecule has 16 heavy (non-hydrogen) atoms. The zero-order valence-electron chi connectivity index (χ0n) is 10.5. The van der Waals surface area contributed by atoms with Gasteiger partial charge in [0.25, 0.3) is 0 Å². The van der Waals surface area contributed by atoms with Gasteiger partial charge in [0.2, 0.25) is 0 Å². The summed E-state index contributed by atoms with van der Waals surface area (Å²) in [6.45, 7) is 7.59. The predicted molar refractivity (Wildman–Crippen MR) is 66.4 cm³/mol. The molecule has 3 atom stereocenters. The van der Waals surface area contributed by atoms with Gasteiger partial charge in [-0.05, 0) is 50.6 Å². The highest BCUT2D eigenvalue weighted by atomic mass is 16.5. The topological polar surface area (TPSA) is 38.5 Å². The average molecular weight is 226 g/mol. The Morgan fingerprint density at radius 3 is 2.94 bits per heavy atom. The highest BCUT2D eigenvalue weighted by Crippen LogP contribution is 2.26. The van der Waals surface area contributed by atoms with Crippen molar-refractivity contribution in [1.29, 1.82) is 0 Å². The summed E-state index contributed by atoms with van der Waals surface area (Å²) in [6, 6.07) is 0.754. The van der Waals surface area contributed by atoms with Crippen molar-refractivity contribution in [1.82, 2.24) is 4.90 Å². The molecule has 0 aromatic rings. The van der Waals surface area contributed by atoms with Crippen LogP contribution in [0.25, 0.3) is 0 Å². The summed E-state index contributed by atoms with van der Waals surface area (Å²) in [7, 11) is 0. The van der Waals surface area contributed by atoms with E-state index in [1.807, 2.05) is 0 Å². The smallest absolute Gasteiger partial charge is 0.0480 e. The number of likely N-dealkylation sites (tertiary alicyclic amines) is 1. The molecule has 2 heterocycles. The summed E-state index contributed by atoms with van der Waals surface area (Å²) < 4.78 is 5.54. The molecule has 0 bridgehead atoms. The van der Waals surface area contributed by atoms with Crippen LogP contribution in [0.4, 0.5) is 0 Å². The van der Waals surface area contributed by atoms with Gasteiger partial charge >= 0.3 is 0 Å². The molecule has 2 fully saturated rings. The number of ether oxygens (including phenoxy) is 1. The number of hydrogen-bond acceptors (Lipinski definition) is 3. The van der Waals surface area contributed by atoms with Gasteiger partial charge in [0, 0.05) is 25.8 Å². The Kier molecular flexibility index (Phi) is 4.62. The van der Waals surface area contributed by atoms with Crippen molar-refractivity contribution in [2.75, 3.05) is 32.8 Å². The van der Waals surface area contributed by atoms with Gasteiger partial charge in [-0.2, -0.15) is 0 Å². The van der Waals surface area contributed by atoms with Gasteiger partial charge in [0.05, 0.1) is 0 Å². The summed E-state index contributed by atoms with van der Waals surface area (Å²) in [6.07, 6.45) is 5.07. The number of hydrogen-bond donors (Lipinski definition) is 1. The zero-order valence-corrected chi connectivity index (χ0v) is 10.5. The predicted octanol–water partition coefficient (Wildman–Crippen LogP) is 1.47. The molecular formula is C13H26N2O. The average Bonchev–Trinajstić information content (AvgIpc) is 2.58. The molecular weight excluding hydrogens is 200 g/mol. The molecule has 2 N–H and O–H groups in total. The van der Waals surface area contributed by atoms with Gasteiger partial charge in [0.1, 0.15) is 0 Å². The summed E-state index contributed by atoms with van der Waals surface area (Å²) in [5, 5.41) is 0. The Morgan fingerprint density at radius 1 is 1.25 bits per heavy atom. The van der Waals surface area contributed by atoms with E-state index in [2.05, 4.69) is 11.8 Å². The zero-order chi connectivity index (χ0) is 11.4. The maximum atomic E-state index is 5.86. The lowest BCUT2D eigenvalue weighted by molar-refractivity contribution is 0.0772. The molecule has 0 aromatic carbocycles. The third kappa shape index (κ3) is 2.96. The van der Waals surface area contributed by atoms with Gasteiger partial charge in [-0.25, -0.2) is 0 Å². The summed E-state index contributed by atoms with van der Waals surface area (Å²) in [5.41, 5.74) is 5.86. The van der Waals surface area contributed by atoms with Gasteiger partial charge < -0.3 is 10.5 Å². The monoisotopic (exact) mass is 226 g/mol. The van der Waals surface area contributed by atoms with Gasteiger partial charge in [-0.3, -0.25) is 4.90 Å². The molecule has 0 aromatic heterocycles. The third-order valence-electron chi connectivity index (χ3n) is 4.39. The minimum Gasteiger partial charge on any atom is -0.381 e. The van der Waals surface area contributed by atoms with Gasteiger partial charge in [-0.15, -0.1) is 0 Å². The van der Waals surface area contributed by atoms with Crippen molar-refractivity contribution in [3.63, 3.8) is 0 Å². The SMILES string of the molecule is CC1CCN(C2CCCOCC2)CC1CN. The van der Waals surface area contributed by atoms with Crippen LogP contribution in [-0.2, 0) is 4.74 Å². The van der Waals surface area contributed by atoms with E-state index in [1.165, 1.54) is 38.8 Å². The van der Waals surface area contributed by atoms with Crippen LogP contribution in [0.15, 0.2) is 0 Å². The molecule has 0 aliphatic carbocycles. The Hall–Kier alpha value is -0.120. The van der Waals surface area contributed by atoms with Crippen LogP contribution in [-0.4, -0.2) is 43.8 Å². The van der Waals surface area contributed by atoms with Crippen molar-refractivity contribution in [2.24, 2.45) is 17.6 Å². The first kappa shape index (κ1) is 12.3. The van der Waals surface area contributed by atoms with E-state index < -0.39 is 0 Å². The molecule has 2 aliphatic heterocycles. The lowest BCUT2D eigenvalue weighted by Gasteiger charge is -2.40. The fourth-order valence-corrected chi connectivity index (χ4v) is 3.07. The van der Waals surface area contributed by atoms with Crippen molar-refractivity contribution in [3.8, 4) is 0 Å². The maximum absolute atomic E-state index is 5.86. The fraction of sp³-hybridized carbons (Fsp3) is 1.00. The molecule has 2 saturated heterocycles. The largest absolute Gasteiger partial charge is 0.381 e. The molecule has 3 unspecified atom stereocenters. The third-order valence-corrected chi connectivity index (χ3v) is 4.39. The van der Waals surface area contributed by atoms with E-state index in [4.69, 9.17) is 10.5 Å². The fourth-order valence-electron chi connectivity index (χ4n) is 3.07. The van der Waals surface area contributed by atoms with Crippen molar-refractivity contribution >= 4 is 0 Å². The van der Waals surface area contributed by atoms with Gasteiger partial charge in [-0.1, -0.05) is 6.92 Å². The van der Waals surface area contributed by atoms with E-state index >= 15 is 0 Å². The Morgan fingerprint density at radius 2 is 2.12 bits per heavy atom. The molecule has 94 valence electrons. The molecule has 0 spiro atoms.